The average molecular weight is 393 g/mol. The highest BCUT2D eigenvalue weighted by Gasteiger charge is 2.18. The van der Waals surface area contributed by atoms with Gasteiger partial charge in [0.05, 0.1) is 0 Å². The van der Waals surface area contributed by atoms with Gasteiger partial charge in [0, 0.05) is 30.2 Å². The van der Waals surface area contributed by atoms with Gasteiger partial charge in [0.1, 0.15) is 10.7 Å². The highest BCUT2D eigenvalue weighted by molar-refractivity contribution is 9.10. The molecule has 0 fully saturated rings. The number of amides is 1. The van der Waals surface area contributed by atoms with Crippen LogP contribution in [-0.4, -0.2) is 32.4 Å². The lowest BCUT2D eigenvalue weighted by Gasteiger charge is -2.10. The van der Waals surface area contributed by atoms with E-state index in [0.717, 1.165) is 6.42 Å². The van der Waals surface area contributed by atoms with Crippen LogP contribution in [0.15, 0.2) is 21.6 Å². The number of pyridine rings is 1. The molecule has 1 aromatic rings. The largest absolute Gasteiger partial charge is 0.383 e. The number of hydrogen-bond acceptors (Lipinski definition) is 5. The summed E-state index contributed by atoms with van der Waals surface area (Å²) in [6.07, 6.45) is 2.37. The molecule has 0 atom stereocenters. The Labute approximate surface area is 139 Å². The Morgan fingerprint density at radius 2 is 2.09 bits per heavy atom. The number of nitrogen functional groups attached to an aromatic ring is 1. The topological polar surface area (TPSA) is 114 Å². The second-order valence-corrected chi connectivity index (χ2v) is 7.87. The van der Waals surface area contributed by atoms with Crippen molar-refractivity contribution in [3.05, 3.63) is 16.7 Å². The molecule has 4 N–H and O–H groups in total. The smallest absolute Gasteiger partial charge is 0.244 e. The van der Waals surface area contributed by atoms with E-state index in [1.807, 2.05) is 0 Å². The quantitative estimate of drug-likeness (QED) is 0.615. The Balaban J connectivity index is 2.49. The summed E-state index contributed by atoms with van der Waals surface area (Å²) >= 11 is 3.15. The minimum atomic E-state index is -3.79. The lowest BCUT2D eigenvalue weighted by molar-refractivity contribution is -0.120. The fourth-order valence-electron chi connectivity index (χ4n) is 1.61. The monoisotopic (exact) mass is 392 g/mol. The summed E-state index contributed by atoms with van der Waals surface area (Å²) in [6, 6.07) is 1.37. The molecule has 0 aliphatic rings. The molecular weight excluding hydrogens is 372 g/mol. The number of halogens is 1. The summed E-state index contributed by atoms with van der Waals surface area (Å²) in [5, 5.41) is 2.74. The van der Waals surface area contributed by atoms with Crippen LogP contribution < -0.4 is 15.8 Å². The maximum absolute atomic E-state index is 12.1. The normalized spacial score (nSPS) is 11.6. The second-order valence-electron chi connectivity index (χ2n) is 5.22. The van der Waals surface area contributed by atoms with Crippen LogP contribution in [0, 0.1) is 5.92 Å². The van der Waals surface area contributed by atoms with E-state index >= 15 is 0 Å². The molecule has 1 amide bonds. The molecule has 0 unspecified atom stereocenters. The highest BCUT2D eigenvalue weighted by Crippen LogP contribution is 2.20. The zero-order valence-electron chi connectivity index (χ0n) is 12.6. The van der Waals surface area contributed by atoms with Gasteiger partial charge in [0.2, 0.25) is 15.9 Å². The molecule has 0 aromatic carbocycles. The van der Waals surface area contributed by atoms with Gasteiger partial charge in [-0.2, -0.15) is 0 Å². The molecule has 124 valence electrons. The standard InChI is InChI=1S/C13H21BrN4O3S/c1-9(2)3-5-16-12(19)4-6-18-22(20,21)11-7-10(14)8-17-13(11)15/h7-9,18H,3-6H2,1-2H3,(H2,15,17)(H,16,19). The number of aromatic nitrogens is 1. The number of anilines is 1. The molecule has 0 aliphatic carbocycles. The van der Waals surface area contributed by atoms with Crippen LogP contribution >= 0.6 is 15.9 Å². The maximum atomic E-state index is 12.1. The number of nitrogens with two attached hydrogens (primary N) is 1. The van der Waals surface area contributed by atoms with Crippen molar-refractivity contribution in [1.29, 1.82) is 0 Å². The van der Waals surface area contributed by atoms with Crippen LogP contribution in [0.4, 0.5) is 5.82 Å². The van der Waals surface area contributed by atoms with Crippen molar-refractivity contribution in [2.75, 3.05) is 18.8 Å². The van der Waals surface area contributed by atoms with Gasteiger partial charge in [-0.3, -0.25) is 4.79 Å². The molecule has 0 bridgehead atoms. The van der Waals surface area contributed by atoms with E-state index in [0.29, 0.717) is 16.9 Å². The van der Waals surface area contributed by atoms with E-state index in [9.17, 15) is 13.2 Å². The van der Waals surface area contributed by atoms with Crippen molar-refractivity contribution >= 4 is 37.7 Å². The summed E-state index contributed by atoms with van der Waals surface area (Å²) in [5.41, 5.74) is 5.57. The predicted molar refractivity (Wildman–Crippen MR) is 88.6 cm³/mol. The van der Waals surface area contributed by atoms with Gasteiger partial charge in [0.15, 0.2) is 0 Å². The highest BCUT2D eigenvalue weighted by atomic mass is 79.9. The van der Waals surface area contributed by atoms with Crippen molar-refractivity contribution in [2.24, 2.45) is 5.92 Å². The number of rotatable bonds is 8. The number of sulfonamides is 1. The minimum absolute atomic E-state index is 0.00178. The lowest BCUT2D eigenvalue weighted by atomic mass is 10.1. The summed E-state index contributed by atoms with van der Waals surface area (Å²) in [5.74, 6) is 0.228. The molecule has 0 saturated carbocycles. The van der Waals surface area contributed by atoms with E-state index in [-0.39, 0.29) is 29.6 Å². The first-order chi connectivity index (χ1) is 10.2. The first kappa shape index (κ1) is 18.9. The van der Waals surface area contributed by atoms with Gasteiger partial charge in [-0.1, -0.05) is 13.8 Å². The van der Waals surface area contributed by atoms with Gasteiger partial charge in [-0.25, -0.2) is 18.1 Å². The molecule has 0 radical (unpaired) electrons. The third-order valence-electron chi connectivity index (χ3n) is 2.83. The molecule has 1 rings (SSSR count). The van der Waals surface area contributed by atoms with Gasteiger partial charge in [-0.15, -0.1) is 0 Å². The third-order valence-corrected chi connectivity index (χ3v) is 4.75. The Morgan fingerprint density at radius 1 is 1.41 bits per heavy atom. The first-order valence-corrected chi connectivity index (χ1v) is 9.17. The molecule has 9 heteroatoms. The zero-order valence-corrected chi connectivity index (χ0v) is 15.0. The van der Waals surface area contributed by atoms with Crippen LogP contribution in [0.5, 0.6) is 0 Å². The Hall–Kier alpha value is -1.19. The van der Waals surface area contributed by atoms with Gasteiger partial charge in [0.25, 0.3) is 0 Å². The predicted octanol–water partition coefficient (Wildman–Crippen LogP) is 1.26. The van der Waals surface area contributed by atoms with E-state index in [2.05, 4.69) is 44.8 Å². The van der Waals surface area contributed by atoms with Crippen LogP contribution in [0.3, 0.4) is 0 Å². The molecular formula is C13H21BrN4O3S. The first-order valence-electron chi connectivity index (χ1n) is 6.89. The van der Waals surface area contributed by atoms with Crippen molar-refractivity contribution in [3.63, 3.8) is 0 Å². The summed E-state index contributed by atoms with van der Waals surface area (Å²) < 4.78 is 27.1. The third kappa shape index (κ3) is 6.29. The van der Waals surface area contributed by atoms with Crippen LogP contribution in [0.1, 0.15) is 26.7 Å². The second kappa shape index (κ2) is 8.44. The Morgan fingerprint density at radius 3 is 2.73 bits per heavy atom. The zero-order chi connectivity index (χ0) is 16.8. The van der Waals surface area contributed by atoms with E-state index in [1.165, 1.54) is 12.3 Å². The Bertz CT molecular complexity index is 620. The summed E-state index contributed by atoms with van der Waals surface area (Å²) in [4.78, 5) is 15.2. The maximum Gasteiger partial charge on any atom is 0.244 e. The number of hydrogen-bond donors (Lipinski definition) is 3. The number of carbonyl (C=O) groups excluding carboxylic acids is 1. The molecule has 0 aliphatic heterocycles. The fourth-order valence-corrected chi connectivity index (χ4v) is 3.23. The van der Waals surface area contributed by atoms with E-state index in [1.54, 1.807) is 0 Å². The number of nitrogens with zero attached hydrogens (tertiary/aromatic N) is 1. The molecule has 7 nitrogen and oxygen atoms in total. The molecule has 1 aromatic heterocycles. The molecule has 0 saturated heterocycles. The fraction of sp³-hybridized carbons (Fsp3) is 0.538. The van der Waals surface area contributed by atoms with Gasteiger partial charge < -0.3 is 11.1 Å². The lowest BCUT2D eigenvalue weighted by Crippen LogP contribution is -2.31. The van der Waals surface area contributed by atoms with Crippen LogP contribution in [0.25, 0.3) is 0 Å². The summed E-state index contributed by atoms with van der Waals surface area (Å²) in [7, 11) is -3.79. The van der Waals surface area contributed by atoms with Crippen molar-refractivity contribution in [1.82, 2.24) is 15.0 Å². The molecule has 22 heavy (non-hydrogen) atoms. The van der Waals surface area contributed by atoms with Crippen LogP contribution in [-0.2, 0) is 14.8 Å². The van der Waals surface area contributed by atoms with Crippen molar-refractivity contribution < 1.29 is 13.2 Å². The van der Waals surface area contributed by atoms with Crippen LogP contribution in [0.2, 0.25) is 0 Å². The van der Waals surface area contributed by atoms with Gasteiger partial charge >= 0.3 is 0 Å². The van der Waals surface area contributed by atoms with Crippen molar-refractivity contribution in [2.45, 2.75) is 31.6 Å². The summed E-state index contributed by atoms with van der Waals surface area (Å²) in [6.45, 7) is 4.72. The van der Waals surface area contributed by atoms with E-state index < -0.39 is 10.0 Å². The minimum Gasteiger partial charge on any atom is -0.383 e. The molecule has 0 spiro atoms. The Kier molecular flexibility index (Phi) is 7.24. The number of nitrogens with one attached hydrogen (secondary N) is 2. The van der Waals surface area contributed by atoms with Gasteiger partial charge in [-0.05, 0) is 34.3 Å². The number of carbonyl (C=O) groups is 1. The van der Waals surface area contributed by atoms with Crippen molar-refractivity contribution in [3.8, 4) is 0 Å². The average Bonchev–Trinajstić information content (AvgIpc) is 2.40. The molecule has 1 heterocycles. The van der Waals surface area contributed by atoms with E-state index in [4.69, 9.17) is 5.73 Å². The SMILES string of the molecule is CC(C)CCNC(=O)CCNS(=O)(=O)c1cc(Br)cnc1N.